The summed E-state index contributed by atoms with van der Waals surface area (Å²) < 4.78 is 29.1. The Labute approximate surface area is 156 Å². The molecule has 6 heteroatoms. The van der Waals surface area contributed by atoms with Crippen molar-refractivity contribution in [3.8, 4) is 0 Å². The molecule has 0 saturated heterocycles. The molecule has 0 radical (unpaired) electrons. The maximum atomic E-state index is 13.1. The molecule has 2 aliphatic heterocycles. The predicted octanol–water partition coefficient (Wildman–Crippen LogP) is 3.02. The Bertz CT molecular complexity index is 860. The molecule has 5 nitrogen and oxygen atoms in total. The van der Waals surface area contributed by atoms with E-state index >= 15 is 0 Å². The SMILES string of the molecule is CC1CC(NS(=O)(=O)c2cc3c4c(c2)CC(=O)N4CCC3)CC(C)(C)C1. The van der Waals surface area contributed by atoms with Gasteiger partial charge in [-0.2, -0.15) is 0 Å². The van der Waals surface area contributed by atoms with Crippen molar-refractivity contribution in [2.24, 2.45) is 11.3 Å². The normalized spacial score (nSPS) is 27.5. The third-order valence-electron chi connectivity index (χ3n) is 6.00. The summed E-state index contributed by atoms with van der Waals surface area (Å²) in [7, 11) is -3.58. The molecule has 0 spiro atoms. The van der Waals surface area contributed by atoms with Crippen molar-refractivity contribution in [1.82, 2.24) is 4.72 Å². The molecule has 1 aliphatic carbocycles. The summed E-state index contributed by atoms with van der Waals surface area (Å²) in [4.78, 5) is 14.3. The molecule has 1 saturated carbocycles. The van der Waals surface area contributed by atoms with Gasteiger partial charge < -0.3 is 4.90 Å². The first-order valence-corrected chi connectivity index (χ1v) is 11.1. The van der Waals surface area contributed by atoms with Crippen LogP contribution in [0.15, 0.2) is 17.0 Å². The molecule has 3 aliphatic rings. The predicted molar refractivity (Wildman–Crippen MR) is 102 cm³/mol. The van der Waals surface area contributed by atoms with Crippen LogP contribution in [0.1, 0.15) is 57.6 Å². The first-order valence-electron chi connectivity index (χ1n) is 9.63. The van der Waals surface area contributed by atoms with E-state index < -0.39 is 10.0 Å². The molecule has 26 heavy (non-hydrogen) atoms. The molecular weight excluding hydrogens is 348 g/mol. The largest absolute Gasteiger partial charge is 0.312 e. The van der Waals surface area contributed by atoms with Crippen LogP contribution in [-0.4, -0.2) is 26.9 Å². The van der Waals surface area contributed by atoms with Gasteiger partial charge in [0.1, 0.15) is 0 Å². The van der Waals surface area contributed by atoms with Gasteiger partial charge in [-0.3, -0.25) is 4.79 Å². The zero-order valence-electron chi connectivity index (χ0n) is 15.8. The number of aryl methyl sites for hydroxylation is 1. The molecule has 1 amide bonds. The van der Waals surface area contributed by atoms with Crippen LogP contribution in [0.4, 0.5) is 5.69 Å². The van der Waals surface area contributed by atoms with E-state index in [0.29, 0.717) is 17.2 Å². The van der Waals surface area contributed by atoms with Gasteiger partial charge in [0.25, 0.3) is 0 Å². The fourth-order valence-electron chi connectivity index (χ4n) is 5.33. The molecule has 0 bridgehead atoms. The minimum atomic E-state index is -3.58. The van der Waals surface area contributed by atoms with Crippen LogP contribution >= 0.6 is 0 Å². The lowest BCUT2D eigenvalue weighted by Gasteiger charge is -2.39. The summed E-state index contributed by atoms with van der Waals surface area (Å²) in [6, 6.07) is 3.46. The Morgan fingerprint density at radius 2 is 1.92 bits per heavy atom. The van der Waals surface area contributed by atoms with Crippen LogP contribution in [0.5, 0.6) is 0 Å². The molecule has 1 N–H and O–H groups in total. The van der Waals surface area contributed by atoms with Gasteiger partial charge in [0.15, 0.2) is 0 Å². The average molecular weight is 377 g/mol. The van der Waals surface area contributed by atoms with Gasteiger partial charge in [0.05, 0.1) is 17.0 Å². The smallest absolute Gasteiger partial charge is 0.240 e. The highest BCUT2D eigenvalue weighted by Crippen LogP contribution is 2.40. The Balaban J connectivity index is 1.63. The Morgan fingerprint density at radius 3 is 2.65 bits per heavy atom. The van der Waals surface area contributed by atoms with Crippen molar-refractivity contribution in [3.05, 3.63) is 23.3 Å². The van der Waals surface area contributed by atoms with E-state index in [9.17, 15) is 13.2 Å². The van der Waals surface area contributed by atoms with E-state index in [0.717, 1.165) is 55.5 Å². The number of sulfonamides is 1. The first-order chi connectivity index (χ1) is 12.1. The number of carbonyl (C=O) groups is 1. The van der Waals surface area contributed by atoms with E-state index in [4.69, 9.17) is 0 Å². The van der Waals surface area contributed by atoms with Crippen molar-refractivity contribution < 1.29 is 13.2 Å². The van der Waals surface area contributed by atoms with Crippen molar-refractivity contribution in [2.45, 2.75) is 70.2 Å². The molecule has 1 fully saturated rings. The Kier molecular flexibility index (Phi) is 4.19. The Hall–Kier alpha value is -1.40. The van der Waals surface area contributed by atoms with Crippen molar-refractivity contribution >= 4 is 21.6 Å². The number of rotatable bonds is 3. The number of benzene rings is 1. The monoisotopic (exact) mass is 376 g/mol. The number of nitrogens with zero attached hydrogens (tertiary/aromatic N) is 1. The van der Waals surface area contributed by atoms with Crippen molar-refractivity contribution in [2.75, 3.05) is 11.4 Å². The lowest BCUT2D eigenvalue weighted by atomic mass is 9.71. The lowest BCUT2D eigenvalue weighted by Crippen LogP contribution is -2.42. The van der Waals surface area contributed by atoms with Gasteiger partial charge in [-0.05, 0) is 66.7 Å². The second-order valence-corrected chi connectivity index (χ2v) is 10.9. The topological polar surface area (TPSA) is 66.5 Å². The minimum absolute atomic E-state index is 0.0264. The molecule has 2 heterocycles. The summed E-state index contributed by atoms with van der Waals surface area (Å²) in [5.41, 5.74) is 2.98. The van der Waals surface area contributed by atoms with Crippen LogP contribution in [0.3, 0.4) is 0 Å². The molecule has 0 aromatic heterocycles. The van der Waals surface area contributed by atoms with E-state index in [1.54, 1.807) is 12.1 Å². The van der Waals surface area contributed by atoms with E-state index in [-0.39, 0.29) is 17.4 Å². The molecule has 142 valence electrons. The molecular formula is C20H28N2O3S. The third kappa shape index (κ3) is 3.18. The maximum absolute atomic E-state index is 13.1. The molecule has 1 aromatic rings. The standard InChI is InChI=1S/C20H28N2O3S/c1-13-7-16(12-20(2,3)11-13)21-26(24,25)17-8-14-5-4-6-22-18(23)10-15(9-17)19(14)22/h8-9,13,16,21H,4-7,10-12H2,1-3H3. The highest BCUT2D eigenvalue weighted by molar-refractivity contribution is 7.89. The zero-order valence-corrected chi connectivity index (χ0v) is 16.7. The summed E-state index contributed by atoms with van der Waals surface area (Å²) in [5.74, 6) is 0.602. The number of hydrogen-bond acceptors (Lipinski definition) is 3. The quantitative estimate of drug-likeness (QED) is 0.882. The first kappa shape index (κ1) is 18.0. The fraction of sp³-hybridized carbons (Fsp3) is 0.650. The van der Waals surface area contributed by atoms with Gasteiger partial charge in [0, 0.05) is 12.6 Å². The van der Waals surface area contributed by atoms with Crippen LogP contribution in [0, 0.1) is 11.3 Å². The molecule has 2 unspecified atom stereocenters. The second-order valence-electron chi connectivity index (χ2n) is 9.15. The highest BCUT2D eigenvalue weighted by Gasteiger charge is 2.36. The maximum Gasteiger partial charge on any atom is 0.240 e. The summed E-state index contributed by atoms with van der Waals surface area (Å²) in [6.45, 7) is 7.37. The van der Waals surface area contributed by atoms with Gasteiger partial charge in [0.2, 0.25) is 15.9 Å². The van der Waals surface area contributed by atoms with E-state index in [1.807, 2.05) is 4.90 Å². The highest BCUT2D eigenvalue weighted by atomic mass is 32.2. The number of hydrogen-bond donors (Lipinski definition) is 1. The van der Waals surface area contributed by atoms with E-state index in [2.05, 4.69) is 25.5 Å². The van der Waals surface area contributed by atoms with Crippen LogP contribution in [-0.2, 0) is 27.7 Å². The lowest BCUT2D eigenvalue weighted by molar-refractivity contribution is -0.117. The number of amides is 1. The van der Waals surface area contributed by atoms with Crippen LogP contribution < -0.4 is 9.62 Å². The van der Waals surface area contributed by atoms with E-state index in [1.165, 1.54) is 0 Å². The summed E-state index contributed by atoms with van der Waals surface area (Å²) in [6.07, 6.45) is 4.92. The fourth-order valence-corrected chi connectivity index (χ4v) is 6.67. The average Bonchev–Trinajstić information content (AvgIpc) is 2.82. The van der Waals surface area contributed by atoms with Crippen LogP contribution in [0.2, 0.25) is 0 Å². The molecule has 2 atom stereocenters. The van der Waals surface area contributed by atoms with Gasteiger partial charge >= 0.3 is 0 Å². The molecule has 4 rings (SSSR count). The molecule has 1 aromatic carbocycles. The summed E-state index contributed by atoms with van der Waals surface area (Å²) >= 11 is 0. The van der Waals surface area contributed by atoms with Crippen molar-refractivity contribution in [1.29, 1.82) is 0 Å². The second kappa shape index (κ2) is 6.06. The minimum Gasteiger partial charge on any atom is -0.312 e. The Morgan fingerprint density at radius 1 is 1.19 bits per heavy atom. The third-order valence-corrected chi connectivity index (χ3v) is 7.50. The van der Waals surface area contributed by atoms with Crippen LogP contribution in [0.25, 0.3) is 0 Å². The number of nitrogens with one attached hydrogen (secondary N) is 1. The van der Waals surface area contributed by atoms with Gasteiger partial charge in [-0.25, -0.2) is 13.1 Å². The van der Waals surface area contributed by atoms with Gasteiger partial charge in [-0.1, -0.05) is 20.8 Å². The summed E-state index contributed by atoms with van der Waals surface area (Å²) in [5, 5.41) is 0. The number of anilines is 1. The van der Waals surface area contributed by atoms with Gasteiger partial charge in [-0.15, -0.1) is 0 Å². The van der Waals surface area contributed by atoms with Crippen molar-refractivity contribution in [3.63, 3.8) is 0 Å². The zero-order chi connectivity index (χ0) is 18.7. The number of carbonyl (C=O) groups excluding carboxylic acids is 1.